The maximum atomic E-state index is 13.2. The quantitative estimate of drug-likeness (QED) is 0.603. The highest BCUT2D eigenvalue weighted by atomic mass is 35.5. The van der Waals surface area contributed by atoms with Gasteiger partial charge in [-0.3, -0.25) is 4.79 Å². The van der Waals surface area contributed by atoms with E-state index in [9.17, 15) is 4.79 Å². The summed E-state index contributed by atoms with van der Waals surface area (Å²) < 4.78 is 22.6. The van der Waals surface area contributed by atoms with Gasteiger partial charge in [0.15, 0.2) is 11.5 Å². The predicted molar refractivity (Wildman–Crippen MR) is 122 cm³/mol. The van der Waals surface area contributed by atoms with E-state index in [2.05, 4.69) is 10.2 Å². The summed E-state index contributed by atoms with van der Waals surface area (Å²) in [4.78, 5) is 15.4. The van der Waals surface area contributed by atoms with E-state index in [1.807, 2.05) is 32.9 Å². The van der Waals surface area contributed by atoms with Gasteiger partial charge in [0.05, 0.1) is 44.4 Å². The minimum atomic E-state index is -0.290. The molecule has 3 rings (SSSR count). The molecule has 2 aromatic rings. The second-order valence-corrected chi connectivity index (χ2v) is 7.25. The van der Waals surface area contributed by atoms with Crippen LogP contribution in [0.3, 0.4) is 0 Å². The van der Waals surface area contributed by atoms with Crippen molar-refractivity contribution < 1.29 is 23.7 Å². The van der Waals surface area contributed by atoms with Crippen molar-refractivity contribution >= 4 is 28.9 Å². The number of hydrogen-bond acceptors (Lipinski definition) is 6. The van der Waals surface area contributed by atoms with E-state index < -0.39 is 0 Å². The van der Waals surface area contributed by atoms with Gasteiger partial charge in [-0.2, -0.15) is 0 Å². The van der Waals surface area contributed by atoms with Crippen LogP contribution in [0.1, 0.15) is 31.1 Å². The van der Waals surface area contributed by atoms with Crippen LogP contribution in [0.4, 0.5) is 11.4 Å². The molecule has 0 bridgehead atoms. The molecule has 0 aliphatic carbocycles. The molecule has 1 aliphatic heterocycles. The molecule has 1 N–H and O–H groups in total. The van der Waals surface area contributed by atoms with Crippen LogP contribution >= 0.6 is 11.6 Å². The lowest BCUT2D eigenvalue weighted by molar-refractivity contribution is 0.102. The third kappa shape index (κ3) is 5.74. The number of anilines is 2. The normalized spacial score (nSPS) is 13.6. The zero-order chi connectivity index (χ0) is 22.2. The Labute approximate surface area is 188 Å². The first-order valence-electron chi connectivity index (χ1n) is 10.6. The molecule has 1 heterocycles. The Morgan fingerprint density at radius 2 is 1.61 bits per heavy atom. The van der Waals surface area contributed by atoms with Gasteiger partial charge in [-0.25, -0.2) is 0 Å². The summed E-state index contributed by atoms with van der Waals surface area (Å²) in [7, 11) is 0. The number of carbonyl (C=O) groups excluding carboxylic acids is 1. The highest BCUT2D eigenvalue weighted by Gasteiger charge is 2.21. The Bertz CT molecular complexity index is 873. The molecule has 7 nitrogen and oxygen atoms in total. The van der Waals surface area contributed by atoms with Gasteiger partial charge in [-0.05, 0) is 51.1 Å². The van der Waals surface area contributed by atoms with Crippen molar-refractivity contribution in [2.24, 2.45) is 0 Å². The number of morpholine rings is 1. The number of hydrogen-bond donors (Lipinski definition) is 1. The number of amides is 1. The highest BCUT2D eigenvalue weighted by molar-refractivity contribution is 6.31. The van der Waals surface area contributed by atoms with Crippen molar-refractivity contribution in [2.45, 2.75) is 20.8 Å². The van der Waals surface area contributed by atoms with Gasteiger partial charge in [-0.15, -0.1) is 0 Å². The Hall–Kier alpha value is -2.64. The Morgan fingerprint density at radius 1 is 1.00 bits per heavy atom. The van der Waals surface area contributed by atoms with Gasteiger partial charge in [0.2, 0.25) is 5.75 Å². The number of benzene rings is 2. The van der Waals surface area contributed by atoms with Crippen molar-refractivity contribution in [3.05, 3.63) is 40.9 Å². The van der Waals surface area contributed by atoms with Crippen LogP contribution in [-0.4, -0.2) is 52.0 Å². The highest BCUT2D eigenvalue weighted by Crippen LogP contribution is 2.39. The average molecular weight is 449 g/mol. The van der Waals surface area contributed by atoms with Crippen molar-refractivity contribution in [1.29, 1.82) is 0 Å². The van der Waals surface area contributed by atoms with Crippen LogP contribution in [0.15, 0.2) is 30.3 Å². The summed E-state index contributed by atoms with van der Waals surface area (Å²) in [6.45, 7) is 9.75. The van der Waals surface area contributed by atoms with Crippen LogP contribution in [0.25, 0.3) is 0 Å². The number of ether oxygens (including phenoxy) is 4. The summed E-state index contributed by atoms with van der Waals surface area (Å²) in [5.74, 6) is 1.15. The molecule has 0 radical (unpaired) electrons. The number of rotatable bonds is 9. The Balaban J connectivity index is 1.93. The standard InChI is InChI=1S/C23H29ClN2O5/c1-4-29-20-13-16(14-21(30-5-2)22(20)31-6-3)23(27)25-18-15-17(24)7-8-19(18)26-9-11-28-12-10-26/h7-8,13-15H,4-6,9-12H2,1-3H3,(H,25,27). The van der Waals surface area contributed by atoms with E-state index >= 15 is 0 Å². The monoisotopic (exact) mass is 448 g/mol. The summed E-state index contributed by atoms with van der Waals surface area (Å²) in [6.07, 6.45) is 0. The fraction of sp³-hybridized carbons (Fsp3) is 0.435. The van der Waals surface area contributed by atoms with Crippen LogP contribution < -0.4 is 24.4 Å². The van der Waals surface area contributed by atoms with Gasteiger partial charge in [0.25, 0.3) is 5.91 Å². The number of nitrogens with one attached hydrogen (secondary N) is 1. The van der Waals surface area contributed by atoms with E-state index in [4.69, 9.17) is 30.5 Å². The molecule has 0 saturated carbocycles. The molecule has 1 saturated heterocycles. The van der Waals surface area contributed by atoms with E-state index in [0.717, 1.165) is 18.8 Å². The Morgan fingerprint density at radius 3 is 2.19 bits per heavy atom. The largest absolute Gasteiger partial charge is 0.490 e. The van der Waals surface area contributed by atoms with Crippen LogP contribution in [0, 0.1) is 0 Å². The van der Waals surface area contributed by atoms with Gasteiger partial charge in [0, 0.05) is 23.7 Å². The van der Waals surface area contributed by atoms with Crippen LogP contribution in [0.2, 0.25) is 5.02 Å². The van der Waals surface area contributed by atoms with Crippen molar-refractivity contribution in [3.8, 4) is 17.2 Å². The lowest BCUT2D eigenvalue weighted by atomic mass is 10.1. The van der Waals surface area contributed by atoms with E-state index in [1.165, 1.54) is 0 Å². The van der Waals surface area contributed by atoms with Gasteiger partial charge < -0.3 is 29.2 Å². The maximum Gasteiger partial charge on any atom is 0.255 e. The molecular weight excluding hydrogens is 420 g/mol. The van der Waals surface area contributed by atoms with E-state index in [1.54, 1.807) is 18.2 Å². The number of nitrogens with zero attached hydrogens (tertiary/aromatic N) is 1. The summed E-state index contributed by atoms with van der Waals surface area (Å²) in [5.41, 5.74) is 1.95. The maximum absolute atomic E-state index is 13.2. The molecule has 1 fully saturated rings. The summed E-state index contributed by atoms with van der Waals surface area (Å²) in [6, 6.07) is 8.83. The Kier molecular flexibility index (Phi) is 8.26. The number of carbonyl (C=O) groups is 1. The minimum absolute atomic E-state index is 0.290. The minimum Gasteiger partial charge on any atom is -0.490 e. The topological polar surface area (TPSA) is 69.3 Å². The third-order valence-corrected chi connectivity index (χ3v) is 4.96. The molecule has 168 valence electrons. The third-order valence-electron chi connectivity index (χ3n) is 4.73. The molecule has 1 amide bonds. The zero-order valence-corrected chi connectivity index (χ0v) is 19.0. The van der Waals surface area contributed by atoms with Crippen LogP contribution in [-0.2, 0) is 4.74 Å². The average Bonchev–Trinajstić information content (AvgIpc) is 2.77. The molecule has 31 heavy (non-hydrogen) atoms. The van der Waals surface area contributed by atoms with Crippen molar-refractivity contribution in [2.75, 3.05) is 56.3 Å². The smallest absolute Gasteiger partial charge is 0.255 e. The predicted octanol–water partition coefficient (Wildman–Crippen LogP) is 4.63. The molecule has 0 spiro atoms. The summed E-state index contributed by atoms with van der Waals surface area (Å²) in [5, 5.41) is 3.54. The van der Waals surface area contributed by atoms with Gasteiger partial charge in [0.1, 0.15) is 0 Å². The lowest BCUT2D eigenvalue weighted by Gasteiger charge is -2.30. The zero-order valence-electron chi connectivity index (χ0n) is 18.2. The molecule has 0 unspecified atom stereocenters. The van der Waals surface area contributed by atoms with Crippen molar-refractivity contribution in [1.82, 2.24) is 0 Å². The van der Waals surface area contributed by atoms with Crippen LogP contribution in [0.5, 0.6) is 17.2 Å². The number of halogens is 1. The van der Waals surface area contributed by atoms with Gasteiger partial charge >= 0.3 is 0 Å². The summed E-state index contributed by atoms with van der Waals surface area (Å²) >= 11 is 6.22. The van der Waals surface area contributed by atoms with E-state index in [0.29, 0.717) is 66.6 Å². The lowest BCUT2D eigenvalue weighted by Crippen LogP contribution is -2.36. The molecular formula is C23H29ClN2O5. The fourth-order valence-corrected chi connectivity index (χ4v) is 3.57. The molecule has 8 heteroatoms. The molecule has 0 aromatic heterocycles. The van der Waals surface area contributed by atoms with E-state index in [-0.39, 0.29) is 5.91 Å². The SMILES string of the molecule is CCOc1cc(C(=O)Nc2cc(Cl)ccc2N2CCOCC2)cc(OCC)c1OCC. The first kappa shape index (κ1) is 23.0. The second kappa shape index (κ2) is 11.1. The molecule has 1 aliphatic rings. The van der Waals surface area contributed by atoms with Crippen molar-refractivity contribution in [3.63, 3.8) is 0 Å². The fourth-order valence-electron chi connectivity index (χ4n) is 3.40. The molecule has 2 aromatic carbocycles. The first-order chi connectivity index (χ1) is 15.1. The molecule has 0 atom stereocenters. The first-order valence-corrected chi connectivity index (χ1v) is 10.9. The second-order valence-electron chi connectivity index (χ2n) is 6.82. The van der Waals surface area contributed by atoms with Gasteiger partial charge in [-0.1, -0.05) is 11.6 Å².